The van der Waals surface area contributed by atoms with Crippen LogP contribution in [0.5, 0.6) is 0 Å². The highest BCUT2D eigenvalue weighted by atomic mass is 35.5. The lowest BCUT2D eigenvalue weighted by Gasteiger charge is -2.38. The summed E-state index contributed by atoms with van der Waals surface area (Å²) in [6.07, 6.45) is 4.41. The molecule has 2 rings (SSSR count). The minimum atomic E-state index is -3.17. The highest BCUT2D eigenvalue weighted by Gasteiger charge is 2.30. The lowest BCUT2D eigenvalue weighted by atomic mass is 9.88. The van der Waals surface area contributed by atoms with Gasteiger partial charge in [-0.3, -0.25) is 0 Å². The largest absolute Gasteiger partial charge is 0.334 e. The first-order valence-electron chi connectivity index (χ1n) is 7.93. The number of carbonyl (C=O) groups excluding carboxylic acids is 1. The van der Waals surface area contributed by atoms with Gasteiger partial charge in [-0.2, -0.15) is 0 Å². The molecule has 1 N–H and O–H groups in total. The number of sulfone groups is 1. The van der Waals surface area contributed by atoms with Crippen LogP contribution in [0.15, 0.2) is 35.7 Å². The highest BCUT2D eigenvalue weighted by Crippen LogP contribution is 2.34. The van der Waals surface area contributed by atoms with Crippen LogP contribution in [0.1, 0.15) is 31.4 Å². The van der Waals surface area contributed by atoms with Gasteiger partial charge in [0, 0.05) is 29.8 Å². The third-order valence-corrected chi connectivity index (χ3v) is 5.03. The third-order valence-electron chi connectivity index (χ3n) is 4.09. The zero-order valence-electron chi connectivity index (χ0n) is 13.9. The predicted molar refractivity (Wildman–Crippen MR) is 96.7 cm³/mol. The molecule has 2 atom stereocenters. The van der Waals surface area contributed by atoms with Gasteiger partial charge in [0.15, 0.2) is 9.84 Å². The van der Waals surface area contributed by atoms with E-state index in [0.29, 0.717) is 17.5 Å². The number of halogens is 1. The van der Waals surface area contributed by atoms with Crippen molar-refractivity contribution in [2.45, 2.75) is 25.8 Å². The quantitative estimate of drug-likeness (QED) is 0.883. The molecule has 0 aromatic heterocycles. The molecule has 0 saturated carbocycles. The second-order valence-corrected chi connectivity index (χ2v) is 8.65. The van der Waals surface area contributed by atoms with Crippen molar-refractivity contribution >= 4 is 27.5 Å². The topological polar surface area (TPSA) is 66.5 Å². The number of rotatable bonds is 4. The molecular weight excluding hydrogens is 348 g/mol. The average molecular weight is 371 g/mol. The SMILES string of the molecule is CC1CCN(C(=O)NC/C=C/S(C)(=O)=O)C(c2ccc(Cl)cc2)C1. The van der Waals surface area contributed by atoms with Crippen LogP contribution in [-0.4, -0.2) is 38.7 Å². The number of benzene rings is 1. The van der Waals surface area contributed by atoms with Crippen LogP contribution in [-0.2, 0) is 9.84 Å². The number of urea groups is 1. The fourth-order valence-corrected chi connectivity index (χ4v) is 3.43. The number of piperidine rings is 1. The van der Waals surface area contributed by atoms with E-state index in [1.165, 1.54) is 6.08 Å². The van der Waals surface area contributed by atoms with Crippen LogP contribution in [0.25, 0.3) is 0 Å². The Hall–Kier alpha value is -1.53. The van der Waals surface area contributed by atoms with Gasteiger partial charge in [0.2, 0.25) is 0 Å². The van der Waals surface area contributed by atoms with Gasteiger partial charge in [-0.1, -0.05) is 36.7 Å². The maximum Gasteiger partial charge on any atom is 0.318 e. The number of nitrogens with zero attached hydrogens (tertiary/aromatic N) is 1. The molecule has 1 saturated heterocycles. The lowest BCUT2D eigenvalue weighted by Crippen LogP contribution is -2.46. The minimum absolute atomic E-state index is 0.00454. The Labute approximate surface area is 148 Å². The molecule has 5 nitrogen and oxygen atoms in total. The van der Waals surface area contributed by atoms with Crippen molar-refractivity contribution in [1.82, 2.24) is 10.2 Å². The predicted octanol–water partition coefficient (Wildman–Crippen LogP) is 3.38. The number of amides is 2. The van der Waals surface area contributed by atoms with E-state index in [4.69, 9.17) is 11.6 Å². The Balaban J connectivity index is 2.06. The van der Waals surface area contributed by atoms with Crippen LogP contribution in [0.4, 0.5) is 4.79 Å². The van der Waals surface area contributed by atoms with E-state index >= 15 is 0 Å². The fraction of sp³-hybridized carbons (Fsp3) is 0.471. The summed E-state index contributed by atoms with van der Waals surface area (Å²) in [5.74, 6) is 0.542. The second kappa shape index (κ2) is 8.03. The summed E-state index contributed by atoms with van der Waals surface area (Å²) in [5.41, 5.74) is 1.06. The molecule has 1 heterocycles. The first-order valence-corrected chi connectivity index (χ1v) is 10.3. The lowest BCUT2D eigenvalue weighted by molar-refractivity contribution is 0.132. The van der Waals surface area contributed by atoms with Gasteiger partial charge in [-0.05, 0) is 36.5 Å². The summed E-state index contributed by atoms with van der Waals surface area (Å²) in [6.45, 7) is 3.05. The number of hydrogen-bond acceptors (Lipinski definition) is 3. The van der Waals surface area contributed by atoms with Gasteiger partial charge in [0.25, 0.3) is 0 Å². The molecule has 1 aliphatic rings. The summed E-state index contributed by atoms with van der Waals surface area (Å²) in [4.78, 5) is 14.3. The van der Waals surface area contributed by atoms with Gasteiger partial charge in [-0.15, -0.1) is 0 Å². The molecule has 7 heteroatoms. The van der Waals surface area contributed by atoms with Crippen molar-refractivity contribution in [1.29, 1.82) is 0 Å². The Morgan fingerprint density at radius 1 is 1.38 bits per heavy atom. The van der Waals surface area contributed by atoms with Crippen molar-refractivity contribution < 1.29 is 13.2 Å². The van der Waals surface area contributed by atoms with Crippen molar-refractivity contribution in [3.05, 3.63) is 46.3 Å². The van der Waals surface area contributed by atoms with Crippen molar-refractivity contribution in [2.24, 2.45) is 5.92 Å². The second-order valence-electron chi connectivity index (χ2n) is 6.28. The Kier molecular flexibility index (Phi) is 6.29. The van der Waals surface area contributed by atoms with Crippen molar-refractivity contribution in [2.75, 3.05) is 19.3 Å². The third kappa shape index (κ3) is 5.53. The smallest absolute Gasteiger partial charge is 0.318 e. The molecular formula is C17H23ClN2O3S. The van der Waals surface area contributed by atoms with E-state index in [-0.39, 0.29) is 18.6 Å². The van der Waals surface area contributed by atoms with Crippen LogP contribution >= 0.6 is 11.6 Å². The Morgan fingerprint density at radius 2 is 2.04 bits per heavy atom. The fourth-order valence-electron chi connectivity index (χ4n) is 2.86. The molecule has 0 bridgehead atoms. The zero-order chi connectivity index (χ0) is 17.7. The molecule has 132 valence electrons. The minimum Gasteiger partial charge on any atom is -0.334 e. The van der Waals surface area contributed by atoms with Gasteiger partial charge in [0.1, 0.15) is 0 Å². The van der Waals surface area contributed by atoms with E-state index in [1.807, 2.05) is 29.2 Å². The van der Waals surface area contributed by atoms with Crippen LogP contribution in [0, 0.1) is 5.92 Å². The Morgan fingerprint density at radius 3 is 2.67 bits per heavy atom. The Bertz CT molecular complexity index is 701. The van der Waals surface area contributed by atoms with E-state index in [0.717, 1.165) is 30.1 Å². The van der Waals surface area contributed by atoms with Crippen LogP contribution in [0.2, 0.25) is 5.02 Å². The summed E-state index contributed by atoms with van der Waals surface area (Å²) in [7, 11) is -3.17. The van der Waals surface area contributed by atoms with E-state index in [9.17, 15) is 13.2 Å². The summed E-state index contributed by atoms with van der Waals surface area (Å²) in [6, 6.07) is 7.40. The maximum absolute atomic E-state index is 12.5. The molecule has 1 fully saturated rings. The maximum atomic E-state index is 12.5. The van der Waals surface area contributed by atoms with E-state index in [1.54, 1.807) is 0 Å². The van der Waals surface area contributed by atoms with E-state index in [2.05, 4.69) is 12.2 Å². The van der Waals surface area contributed by atoms with Gasteiger partial charge in [-0.25, -0.2) is 13.2 Å². The summed E-state index contributed by atoms with van der Waals surface area (Å²) >= 11 is 5.95. The number of hydrogen-bond donors (Lipinski definition) is 1. The van der Waals surface area contributed by atoms with Gasteiger partial charge < -0.3 is 10.2 Å². The molecule has 2 amide bonds. The first kappa shape index (κ1) is 18.8. The zero-order valence-corrected chi connectivity index (χ0v) is 15.5. The van der Waals surface area contributed by atoms with Crippen molar-refractivity contribution in [3.63, 3.8) is 0 Å². The summed E-state index contributed by atoms with van der Waals surface area (Å²) < 4.78 is 22.1. The molecule has 1 aliphatic heterocycles. The summed E-state index contributed by atoms with van der Waals surface area (Å²) in [5, 5.41) is 4.53. The van der Waals surface area contributed by atoms with Crippen molar-refractivity contribution in [3.8, 4) is 0 Å². The normalized spacial score (nSPS) is 21.9. The highest BCUT2D eigenvalue weighted by molar-refractivity contribution is 7.93. The molecule has 1 aromatic carbocycles. The molecule has 24 heavy (non-hydrogen) atoms. The molecule has 0 aliphatic carbocycles. The number of likely N-dealkylation sites (tertiary alicyclic amines) is 1. The average Bonchev–Trinajstić information content (AvgIpc) is 2.51. The molecule has 1 aromatic rings. The number of nitrogens with one attached hydrogen (secondary N) is 1. The molecule has 0 spiro atoms. The first-order chi connectivity index (χ1) is 11.3. The number of carbonyl (C=O) groups is 1. The molecule has 2 unspecified atom stereocenters. The van der Waals surface area contributed by atoms with Crippen LogP contribution in [0.3, 0.4) is 0 Å². The van der Waals surface area contributed by atoms with E-state index < -0.39 is 9.84 Å². The standard InChI is InChI=1S/C17H23ClN2O3S/c1-13-8-10-20(17(21)19-9-3-11-24(2,22)23)16(12-13)14-4-6-15(18)7-5-14/h3-7,11,13,16H,8-10,12H2,1-2H3,(H,19,21)/b11-3+. The van der Waals surface area contributed by atoms with Crippen LogP contribution < -0.4 is 5.32 Å². The van der Waals surface area contributed by atoms with Gasteiger partial charge >= 0.3 is 6.03 Å². The van der Waals surface area contributed by atoms with Gasteiger partial charge in [0.05, 0.1) is 6.04 Å². The monoisotopic (exact) mass is 370 g/mol. The molecule has 0 radical (unpaired) electrons.